The lowest BCUT2D eigenvalue weighted by Crippen LogP contribution is -2.42. The Labute approximate surface area is 157 Å². The molecule has 0 radical (unpaired) electrons. The highest BCUT2D eigenvalue weighted by Crippen LogP contribution is 2.24. The average molecular weight is 382 g/mol. The summed E-state index contributed by atoms with van der Waals surface area (Å²) in [5, 5.41) is 3.81. The molecule has 1 heterocycles. The van der Waals surface area contributed by atoms with Gasteiger partial charge in [0.25, 0.3) is 5.91 Å². The van der Waals surface area contributed by atoms with E-state index in [0.29, 0.717) is 18.7 Å². The number of nitrogens with zero attached hydrogens (tertiary/aromatic N) is 2. The number of nitrogens with one attached hydrogen (secondary N) is 1. The Morgan fingerprint density at radius 2 is 2.08 bits per heavy atom. The number of hydrogen-bond donors (Lipinski definition) is 1. The van der Waals surface area contributed by atoms with Gasteiger partial charge in [-0.25, -0.2) is 0 Å². The van der Waals surface area contributed by atoms with Crippen molar-refractivity contribution in [1.82, 2.24) is 14.6 Å². The maximum Gasteiger partial charge on any atom is 0.273 e. The molecule has 2 rings (SSSR count). The lowest BCUT2D eigenvalue weighted by molar-refractivity contribution is -0.119. The van der Waals surface area contributed by atoms with Crippen molar-refractivity contribution < 1.29 is 9.59 Å². The number of halogens is 1. The van der Waals surface area contributed by atoms with Crippen LogP contribution < -0.4 is 5.32 Å². The van der Waals surface area contributed by atoms with Crippen molar-refractivity contribution in [3.8, 4) is 0 Å². The summed E-state index contributed by atoms with van der Waals surface area (Å²) in [6, 6.07) is 5.99. The highest BCUT2D eigenvalue weighted by molar-refractivity contribution is 7.13. The minimum Gasteiger partial charge on any atom is -0.352 e. The lowest BCUT2D eigenvalue weighted by Gasteiger charge is -2.25. The maximum atomic E-state index is 12.8. The normalized spacial score (nSPS) is 12.4. The van der Waals surface area contributed by atoms with E-state index in [0.717, 1.165) is 15.6 Å². The van der Waals surface area contributed by atoms with E-state index < -0.39 is 0 Å². The zero-order valence-corrected chi connectivity index (χ0v) is 16.6. The molecule has 136 valence electrons. The Morgan fingerprint density at radius 1 is 1.36 bits per heavy atom. The monoisotopic (exact) mass is 381 g/mol. The van der Waals surface area contributed by atoms with Gasteiger partial charge in [0.2, 0.25) is 5.91 Å². The molecule has 25 heavy (non-hydrogen) atoms. The first-order valence-corrected chi connectivity index (χ1v) is 9.61. The van der Waals surface area contributed by atoms with Crippen molar-refractivity contribution in [3.63, 3.8) is 0 Å². The Hall–Kier alpha value is -1.66. The zero-order chi connectivity index (χ0) is 18.6. The van der Waals surface area contributed by atoms with Crippen LogP contribution in [0.3, 0.4) is 0 Å². The molecule has 0 aliphatic rings. The summed E-state index contributed by atoms with van der Waals surface area (Å²) in [7, 11) is 1.77. The molecule has 0 saturated heterocycles. The summed E-state index contributed by atoms with van der Waals surface area (Å²) in [6.45, 7) is 6.62. The van der Waals surface area contributed by atoms with Gasteiger partial charge in [-0.2, -0.15) is 4.37 Å². The highest BCUT2D eigenvalue weighted by atomic mass is 35.5. The lowest BCUT2D eigenvalue weighted by atomic mass is 10.0. The summed E-state index contributed by atoms with van der Waals surface area (Å²) < 4.78 is 5.36. The van der Waals surface area contributed by atoms with Crippen molar-refractivity contribution >= 4 is 45.0 Å². The van der Waals surface area contributed by atoms with Crippen LogP contribution in [-0.4, -0.2) is 46.6 Å². The summed E-state index contributed by atoms with van der Waals surface area (Å²) in [4.78, 5) is 26.0. The smallest absolute Gasteiger partial charge is 0.273 e. The molecule has 2 aromatic rings. The molecule has 0 aliphatic carbocycles. The van der Waals surface area contributed by atoms with E-state index in [4.69, 9.17) is 11.6 Å². The number of alkyl halides is 1. The molecule has 0 spiro atoms. The van der Waals surface area contributed by atoms with Crippen LogP contribution in [0.15, 0.2) is 18.2 Å². The first kappa shape index (κ1) is 19.7. The fourth-order valence-electron chi connectivity index (χ4n) is 2.64. The SMILES string of the molecule is Cc1ccc2snc(C(=O)N(C)CCC(NC(=O)CCl)C(C)C)c2c1. The average Bonchev–Trinajstić information content (AvgIpc) is 2.99. The molecule has 7 heteroatoms. The highest BCUT2D eigenvalue weighted by Gasteiger charge is 2.21. The quantitative estimate of drug-likeness (QED) is 0.747. The number of hydrogen-bond acceptors (Lipinski definition) is 4. The summed E-state index contributed by atoms with van der Waals surface area (Å²) in [5.41, 5.74) is 1.60. The van der Waals surface area contributed by atoms with Crippen molar-refractivity contribution in [2.75, 3.05) is 19.5 Å². The summed E-state index contributed by atoms with van der Waals surface area (Å²) in [6.07, 6.45) is 0.670. The number of benzene rings is 1. The maximum absolute atomic E-state index is 12.8. The molecule has 0 bridgehead atoms. The van der Waals surface area contributed by atoms with Gasteiger partial charge in [0.15, 0.2) is 0 Å². The predicted molar refractivity (Wildman–Crippen MR) is 103 cm³/mol. The molecule has 1 aromatic heterocycles. The third-order valence-electron chi connectivity index (χ3n) is 4.22. The van der Waals surface area contributed by atoms with Crippen molar-refractivity contribution in [2.24, 2.45) is 5.92 Å². The van der Waals surface area contributed by atoms with Crippen LogP contribution in [0.2, 0.25) is 0 Å². The number of aryl methyl sites for hydroxylation is 1. The van der Waals surface area contributed by atoms with Gasteiger partial charge in [-0.1, -0.05) is 25.5 Å². The van der Waals surface area contributed by atoms with E-state index >= 15 is 0 Å². The van der Waals surface area contributed by atoms with Crippen LogP contribution >= 0.6 is 23.1 Å². The van der Waals surface area contributed by atoms with Crippen LogP contribution in [0.5, 0.6) is 0 Å². The van der Waals surface area contributed by atoms with Crippen LogP contribution in [0.4, 0.5) is 0 Å². The Morgan fingerprint density at radius 3 is 2.72 bits per heavy atom. The Bertz CT molecular complexity index is 760. The fourth-order valence-corrected chi connectivity index (χ4v) is 3.47. The molecule has 1 aromatic carbocycles. The molecule has 1 N–H and O–H groups in total. The van der Waals surface area contributed by atoms with E-state index in [1.54, 1.807) is 11.9 Å². The molecule has 1 atom stereocenters. The molecule has 5 nitrogen and oxygen atoms in total. The zero-order valence-electron chi connectivity index (χ0n) is 15.0. The molecule has 1 unspecified atom stereocenters. The molecular formula is C18H24ClN3O2S. The van der Waals surface area contributed by atoms with Crippen molar-refractivity contribution in [1.29, 1.82) is 0 Å². The second kappa shape index (κ2) is 8.63. The van der Waals surface area contributed by atoms with Crippen molar-refractivity contribution in [3.05, 3.63) is 29.5 Å². The van der Waals surface area contributed by atoms with Gasteiger partial charge < -0.3 is 10.2 Å². The van der Waals surface area contributed by atoms with E-state index in [1.165, 1.54) is 11.5 Å². The van der Waals surface area contributed by atoms with E-state index in [2.05, 4.69) is 9.69 Å². The predicted octanol–water partition coefficient (Wildman–Crippen LogP) is 3.45. The van der Waals surface area contributed by atoms with Gasteiger partial charge >= 0.3 is 0 Å². The minimum atomic E-state index is -0.185. The van der Waals surface area contributed by atoms with Crippen molar-refractivity contribution in [2.45, 2.75) is 33.2 Å². The molecule has 0 saturated carbocycles. The minimum absolute atomic E-state index is 0.0177. The summed E-state index contributed by atoms with van der Waals surface area (Å²) in [5.74, 6) is -0.0703. The number of aromatic nitrogens is 1. The number of carbonyl (C=O) groups is 2. The second-order valence-corrected chi connectivity index (χ2v) is 7.67. The van der Waals surface area contributed by atoms with Crippen LogP contribution in [0.1, 0.15) is 36.3 Å². The van der Waals surface area contributed by atoms with Gasteiger partial charge in [0.1, 0.15) is 11.6 Å². The standard InChI is InChI=1S/C18H24ClN3O2S/c1-11(2)14(20-16(23)10-19)7-8-22(4)18(24)17-13-9-12(3)5-6-15(13)25-21-17/h5-6,9,11,14H,7-8,10H2,1-4H3,(H,20,23). The van der Waals surface area contributed by atoms with Gasteiger partial charge in [0, 0.05) is 25.0 Å². The Kier molecular flexibility index (Phi) is 6.79. The molecular weight excluding hydrogens is 358 g/mol. The van der Waals surface area contributed by atoms with Crippen LogP contribution in [0.25, 0.3) is 10.1 Å². The van der Waals surface area contributed by atoms with Gasteiger partial charge in [0.05, 0.1) is 4.70 Å². The largest absolute Gasteiger partial charge is 0.352 e. The van der Waals surface area contributed by atoms with E-state index in [-0.39, 0.29) is 29.7 Å². The first-order chi connectivity index (χ1) is 11.8. The molecule has 0 aliphatic heterocycles. The fraction of sp³-hybridized carbons (Fsp3) is 0.500. The van der Waals surface area contributed by atoms with Gasteiger partial charge in [-0.15, -0.1) is 11.6 Å². The number of rotatable bonds is 7. The first-order valence-electron chi connectivity index (χ1n) is 8.30. The van der Waals surface area contributed by atoms with Gasteiger partial charge in [-0.3, -0.25) is 9.59 Å². The van der Waals surface area contributed by atoms with Crippen LogP contribution in [0, 0.1) is 12.8 Å². The molecule has 0 fully saturated rings. The third kappa shape index (κ3) is 4.92. The molecule has 2 amide bonds. The van der Waals surface area contributed by atoms with E-state index in [1.807, 2.05) is 39.0 Å². The second-order valence-electron chi connectivity index (χ2n) is 6.60. The third-order valence-corrected chi connectivity index (χ3v) is 5.29. The summed E-state index contributed by atoms with van der Waals surface area (Å²) >= 11 is 6.91. The van der Waals surface area contributed by atoms with Crippen LogP contribution in [-0.2, 0) is 4.79 Å². The number of carbonyl (C=O) groups excluding carboxylic acids is 2. The van der Waals surface area contributed by atoms with Gasteiger partial charge in [-0.05, 0) is 42.9 Å². The number of amides is 2. The topological polar surface area (TPSA) is 62.3 Å². The Balaban J connectivity index is 2.06. The number of fused-ring (bicyclic) bond motifs is 1. The van der Waals surface area contributed by atoms with E-state index in [9.17, 15) is 9.59 Å².